The SMILES string of the molecule is O=C(O)CN1CCNCCN(CC(=O)O)C(CC(=O)NCCOCCOCCNC(=O)CC2CN(CC(=O)O)CCN(CC(=O)O)CCNCCN2CC(=O)O)CN(CC(=O)O)CC1. The van der Waals surface area contributed by atoms with Crippen molar-refractivity contribution >= 4 is 47.6 Å². The number of aliphatic carboxylic acids is 6. The number of carboxylic acids is 6. The van der Waals surface area contributed by atoms with Crippen molar-refractivity contribution in [2.45, 2.75) is 24.9 Å². The standard InChI is InChI=1S/C38H68N10O16/c49-31(19-29-21-45(25-35(55)56)13-11-43(23-33(51)52)7-1-39-3-9-47(29)27-37(59)60)41-5-15-63-17-18-64-16-6-42-32(50)20-30-22-46(26-36(57)58)14-12-44(24-34(53)54)8-2-40-4-10-48(30)28-38(61)62/h29-30,39-40H,1-28H2,(H,41,49)(H,42,50)(H,51,52)(H,53,54)(H,55,56)(H,57,58)(H,59,60)(H,61,62). The molecule has 2 amide bonds. The summed E-state index contributed by atoms with van der Waals surface area (Å²) < 4.78 is 11.1. The maximum absolute atomic E-state index is 13.1. The molecule has 26 heteroatoms. The predicted molar refractivity (Wildman–Crippen MR) is 225 cm³/mol. The quantitative estimate of drug-likeness (QED) is 0.0382. The van der Waals surface area contributed by atoms with Crippen LogP contribution in [0.1, 0.15) is 12.8 Å². The van der Waals surface area contributed by atoms with Crippen LogP contribution in [0.2, 0.25) is 0 Å². The van der Waals surface area contributed by atoms with E-state index in [2.05, 4.69) is 21.3 Å². The molecule has 0 spiro atoms. The lowest BCUT2D eigenvalue weighted by molar-refractivity contribution is -0.141. The van der Waals surface area contributed by atoms with Gasteiger partial charge in [0.2, 0.25) is 11.8 Å². The number of ether oxygens (including phenoxy) is 2. The van der Waals surface area contributed by atoms with Crippen molar-refractivity contribution in [3.63, 3.8) is 0 Å². The van der Waals surface area contributed by atoms with E-state index in [-0.39, 0.29) is 144 Å². The molecule has 2 saturated heterocycles. The van der Waals surface area contributed by atoms with E-state index in [1.807, 2.05) is 0 Å². The van der Waals surface area contributed by atoms with E-state index in [1.54, 1.807) is 29.4 Å². The average molecular weight is 921 g/mol. The van der Waals surface area contributed by atoms with Crippen LogP contribution in [0.3, 0.4) is 0 Å². The molecular weight excluding hydrogens is 852 g/mol. The fourth-order valence-electron chi connectivity index (χ4n) is 7.27. The van der Waals surface area contributed by atoms with Gasteiger partial charge in [-0.05, 0) is 0 Å². The van der Waals surface area contributed by atoms with Gasteiger partial charge >= 0.3 is 35.8 Å². The smallest absolute Gasteiger partial charge is 0.317 e. The van der Waals surface area contributed by atoms with Gasteiger partial charge in [-0.1, -0.05) is 0 Å². The zero-order valence-corrected chi connectivity index (χ0v) is 36.4. The molecule has 0 aliphatic carbocycles. The van der Waals surface area contributed by atoms with E-state index < -0.39 is 59.7 Å². The highest BCUT2D eigenvalue weighted by Gasteiger charge is 2.29. The maximum Gasteiger partial charge on any atom is 0.317 e. The number of amides is 2. The van der Waals surface area contributed by atoms with E-state index in [9.17, 15) is 69.0 Å². The second-order valence-electron chi connectivity index (χ2n) is 15.5. The summed E-state index contributed by atoms with van der Waals surface area (Å²) in [7, 11) is 0. The predicted octanol–water partition coefficient (Wildman–Crippen LogP) is -5.70. The molecule has 64 heavy (non-hydrogen) atoms. The van der Waals surface area contributed by atoms with Crippen molar-refractivity contribution < 1.29 is 78.5 Å². The van der Waals surface area contributed by atoms with E-state index in [0.717, 1.165) is 0 Å². The van der Waals surface area contributed by atoms with Gasteiger partial charge in [0.25, 0.3) is 0 Å². The summed E-state index contributed by atoms with van der Waals surface area (Å²) in [5.41, 5.74) is 0. The number of nitrogens with zero attached hydrogens (tertiary/aromatic N) is 6. The molecule has 10 N–H and O–H groups in total. The largest absolute Gasteiger partial charge is 0.480 e. The van der Waals surface area contributed by atoms with Crippen LogP contribution in [0.4, 0.5) is 0 Å². The third-order valence-electron chi connectivity index (χ3n) is 10.3. The van der Waals surface area contributed by atoms with E-state index >= 15 is 0 Å². The Morgan fingerprint density at radius 2 is 0.734 bits per heavy atom. The molecule has 0 aromatic rings. The topological polar surface area (TPSA) is 344 Å². The van der Waals surface area contributed by atoms with Crippen LogP contribution in [-0.2, 0) is 47.8 Å². The Bertz CT molecular complexity index is 1380. The summed E-state index contributed by atoms with van der Waals surface area (Å²) in [6.45, 7) is 2.54. The highest BCUT2D eigenvalue weighted by atomic mass is 16.5. The van der Waals surface area contributed by atoms with Gasteiger partial charge in [0, 0.05) is 130 Å². The molecule has 26 nitrogen and oxygen atoms in total. The summed E-state index contributed by atoms with van der Waals surface area (Å²) in [6, 6.07) is -1.35. The fraction of sp³-hybridized carbons (Fsp3) is 0.789. The summed E-state index contributed by atoms with van der Waals surface area (Å²) >= 11 is 0. The third kappa shape index (κ3) is 26.9. The Balaban J connectivity index is 1.85. The van der Waals surface area contributed by atoms with Gasteiger partial charge in [-0.2, -0.15) is 0 Å². The molecule has 2 fully saturated rings. The van der Waals surface area contributed by atoms with Gasteiger partial charge in [0.15, 0.2) is 0 Å². The van der Waals surface area contributed by atoms with Crippen molar-refractivity contribution in [2.75, 3.05) is 170 Å². The van der Waals surface area contributed by atoms with Crippen molar-refractivity contribution in [1.29, 1.82) is 0 Å². The van der Waals surface area contributed by atoms with Crippen molar-refractivity contribution in [3.8, 4) is 0 Å². The molecular formula is C38H68N10O16. The summed E-state index contributed by atoms with van der Waals surface area (Å²) in [4.78, 5) is 106. The number of hydrogen-bond donors (Lipinski definition) is 10. The van der Waals surface area contributed by atoms with Crippen LogP contribution in [0.5, 0.6) is 0 Å². The van der Waals surface area contributed by atoms with Crippen LogP contribution >= 0.6 is 0 Å². The first-order valence-corrected chi connectivity index (χ1v) is 21.3. The molecule has 0 radical (unpaired) electrons. The third-order valence-corrected chi connectivity index (χ3v) is 10.3. The lowest BCUT2D eigenvalue weighted by Gasteiger charge is -2.35. The van der Waals surface area contributed by atoms with Crippen LogP contribution in [0, 0.1) is 0 Å². The lowest BCUT2D eigenvalue weighted by Crippen LogP contribution is -2.53. The van der Waals surface area contributed by atoms with E-state index in [0.29, 0.717) is 39.3 Å². The zero-order chi connectivity index (χ0) is 47.3. The number of nitrogens with one attached hydrogen (secondary N) is 4. The minimum atomic E-state index is -1.12. The van der Waals surface area contributed by atoms with E-state index in [4.69, 9.17) is 9.47 Å². The molecule has 2 rings (SSSR count). The molecule has 2 atom stereocenters. The van der Waals surface area contributed by atoms with Crippen molar-refractivity contribution in [1.82, 2.24) is 50.7 Å². The monoisotopic (exact) mass is 920 g/mol. The van der Waals surface area contributed by atoms with Crippen molar-refractivity contribution in [2.24, 2.45) is 0 Å². The van der Waals surface area contributed by atoms with Gasteiger partial charge < -0.3 is 61.4 Å². The van der Waals surface area contributed by atoms with Gasteiger partial charge in [0.1, 0.15) is 0 Å². The second kappa shape index (κ2) is 32.1. The molecule has 0 bridgehead atoms. The van der Waals surface area contributed by atoms with Crippen LogP contribution in [0.25, 0.3) is 0 Å². The highest BCUT2D eigenvalue weighted by Crippen LogP contribution is 2.11. The first kappa shape index (κ1) is 55.5. The number of carbonyl (C=O) groups excluding carboxylic acids is 2. The molecule has 2 aliphatic heterocycles. The summed E-state index contributed by atoms with van der Waals surface area (Å²) in [5.74, 6) is -7.33. The second-order valence-corrected chi connectivity index (χ2v) is 15.5. The summed E-state index contributed by atoms with van der Waals surface area (Å²) in [5, 5.41) is 68.8. The van der Waals surface area contributed by atoms with Gasteiger partial charge in [-0.25, -0.2) is 0 Å². The normalized spacial score (nSPS) is 20.4. The first-order valence-electron chi connectivity index (χ1n) is 21.3. The average Bonchev–Trinajstić information content (AvgIpc) is 3.18. The Hall–Kier alpha value is -4.64. The minimum absolute atomic E-state index is 0.0472. The molecule has 2 unspecified atom stereocenters. The molecule has 2 heterocycles. The Morgan fingerprint density at radius 1 is 0.422 bits per heavy atom. The Labute approximate surface area is 371 Å². The molecule has 366 valence electrons. The van der Waals surface area contributed by atoms with Gasteiger partial charge in [-0.3, -0.25) is 67.8 Å². The molecule has 0 saturated carbocycles. The minimum Gasteiger partial charge on any atom is -0.480 e. The number of carbonyl (C=O) groups is 8. The number of rotatable bonds is 25. The van der Waals surface area contributed by atoms with E-state index in [1.165, 1.54) is 0 Å². The van der Waals surface area contributed by atoms with Gasteiger partial charge in [-0.15, -0.1) is 0 Å². The lowest BCUT2D eigenvalue weighted by atomic mass is 10.1. The molecule has 0 aromatic heterocycles. The van der Waals surface area contributed by atoms with Crippen LogP contribution in [-0.4, -0.2) is 290 Å². The Kier molecular flexibility index (Phi) is 27.8. The molecule has 2 aliphatic rings. The van der Waals surface area contributed by atoms with Crippen molar-refractivity contribution in [3.05, 3.63) is 0 Å². The molecule has 0 aromatic carbocycles. The van der Waals surface area contributed by atoms with Gasteiger partial charge in [0.05, 0.1) is 65.7 Å². The number of carboxylic acid groups (broad SMARTS) is 6. The number of hydrogen-bond acceptors (Lipinski definition) is 18. The fourth-order valence-corrected chi connectivity index (χ4v) is 7.27. The summed E-state index contributed by atoms with van der Waals surface area (Å²) in [6.07, 6.45) is -0.277. The highest BCUT2D eigenvalue weighted by molar-refractivity contribution is 5.77. The van der Waals surface area contributed by atoms with Crippen LogP contribution < -0.4 is 21.3 Å². The Morgan fingerprint density at radius 3 is 1.08 bits per heavy atom. The first-order chi connectivity index (χ1) is 30.5. The maximum atomic E-state index is 13.1. The zero-order valence-electron chi connectivity index (χ0n) is 36.4. The van der Waals surface area contributed by atoms with Crippen LogP contribution in [0.15, 0.2) is 0 Å².